The monoisotopic (exact) mass is 321 g/mol. The van der Waals surface area contributed by atoms with Gasteiger partial charge in [0.15, 0.2) is 11.5 Å². The number of carbonyl (C=O) groups is 2. The van der Waals surface area contributed by atoms with Gasteiger partial charge >= 0.3 is 5.97 Å². The average molecular weight is 321 g/mol. The first-order valence-electron chi connectivity index (χ1n) is 7.31. The number of hydrogen-bond acceptors (Lipinski definition) is 4. The summed E-state index contributed by atoms with van der Waals surface area (Å²) < 4.78 is 10.7. The van der Waals surface area contributed by atoms with Crippen LogP contribution in [-0.4, -0.2) is 48.7 Å². The van der Waals surface area contributed by atoms with E-state index in [4.69, 9.17) is 14.6 Å². The lowest BCUT2D eigenvalue weighted by molar-refractivity contribution is -0.137. The number of carboxylic acid groups (broad SMARTS) is 1. The highest BCUT2D eigenvalue weighted by molar-refractivity contribution is 5.96. The molecule has 126 valence electrons. The van der Waals surface area contributed by atoms with Crippen molar-refractivity contribution in [3.8, 4) is 11.5 Å². The molecule has 0 radical (unpaired) electrons. The number of amides is 1. The molecule has 6 heteroatoms. The largest absolute Gasteiger partial charge is 0.493 e. The standard InChI is InChI=1S/C17H23NO5/c1-5-8-23-14-7-6-13(9-15(14)22-4)17(21)18(10-12(2)3)11-16(19)20/h5-7,9,12H,1,8,10-11H2,2-4H3,(H,19,20). The number of methoxy groups -OCH3 is 1. The number of benzene rings is 1. The molecule has 1 aromatic rings. The highest BCUT2D eigenvalue weighted by Gasteiger charge is 2.21. The Balaban J connectivity index is 3.03. The van der Waals surface area contributed by atoms with E-state index < -0.39 is 5.97 Å². The highest BCUT2D eigenvalue weighted by atomic mass is 16.5. The third-order valence-electron chi connectivity index (χ3n) is 2.97. The van der Waals surface area contributed by atoms with Crippen LogP contribution in [0.5, 0.6) is 11.5 Å². The number of ether oxygens (including phenoxy) is 2. The second kappa shape index (κ2) is 8.82. The third kappa shape index (κ3) is 5.65. The molecular formula is C17H23NO5. The van der Waals surface area contributed by atoms with Crippen LogP contribution >= 0.6 is 0 Å². The molecule has 0 bridgehead atoms. The first-order valence-corrected chi connectivity index (χ1v) is 7.31. The van der Waals surface area contributed by atoms with Gasteiger partial charge in [0.1, 0.15) is 13.2 Å². The minimum Gasteiger partial charge on any atom is -0.493 e. The fourth-order valence-corrected chi connectivity index (χ4v) is 2.07. The molecule has 0 atom stereocenters. The summed E-state index contributed by atoms with van der Waals surface area (Å²) in [5.74, 6) is -0.322. The van der Waals surface area contributed by atoms with E-state index in [0.29, 0.717) is 30.2 Å². The number of rotatable bonds is 9. The Morgan fingerprint density at radius 3 is 2.57 bits per heavy atom. The van der Waals surface area contributed by atoms with Crippen molar-refractivity contribution in [3.63, 3.8) is 0 Å². The van der Waals surface area contributed by atoms with Gasteiger partial charge in [0.05, 0.1) is 7.11 Å². The van der Waals surface area contributed by atoms with Gasteiger partial charge in [-0.15, -0.1) is 0 Å². The van der Waals surface area contributed by atoms with E-state index in [0.717, 1.165) is 0 Å². The summed E-state index contributed by atoms with van der Waals surface area (Å²) >= 11 is 0. The van der Waals surface area contributed by atoms with E-state index in [1.807, 2.05) is 13.8 Å². The van der Waals surface area contributed by atoms with Gasteiger partial charge < -0.3 is 19.5 Å². The van der Waals surface area contributed by atoms with Gasteiger partial charge in [0.25, 0.3) is 5.91 Å². The lowest BCUT2D eigenvalue weighted by Crippen LogP contribution is -2.38. The Morgan fingerprint density at radius 2 is 2.04 bits per heavy atom. The predicted octanol–water partition coefficient (Wildman–Crippen LogP) is 2.44. The molecule has 0 aliphatic rings. The first kappa shape index (κ1) is 18.5. The van der Waals surface area contributed by atoms with Gasteiger partial charge in [-0.2, -0.15) is 0 Å². The van der Waals surface area contributed by atoms with Crippen molar-refractivity contribution < 1.29 is 24.2 Å². The fraction of sp³-hybridized carbons (Fsp3) is 0.412. The van der Waals surface area contributed by atoms with Crippen LogP contribution in [0.15, 0.2) is 30.9 Å². The van der Waals surface area contributed by atoms with Crippen molar-refractivity contribution in [3.05, 3.63) is 36.4 Å². The van der Waals surface area contributed by atoms with Crippen LogP contribution in [0.1, 0.15) is 24.2 Å². The van der Waals surface area contributed by atoms with Crippen molar-refractivity contribution >= 4 is 11.9 Å². The van der Waals surface area contributed by atoms with Crippen molar-refractivity contribution in [1.29, 1.82) is 0 Å². The van der Waals surface area contributed by atoms with Crippen molar-refractivity contribution in [2.45, 2.75) is 13.8 Å². The Bertz CT molecular complexity index is 568. The van der Waals surface area contributed by atoms with Crippen LogP contribution in [0, 0.1) is 5.92 Å². The van der Waals surface area contributed by atoms with Gasteiger partial charge in [-0.05, 0) is 24.1 Å². The molecule has 1 aromatic carbocycles. The molecule has 0 unspecified atom stereocenters. The normalized spacial score (nSPS) is 10.3. The summed E-state index contributed by atoms with van der Waals surface area (Å²) in [6.07, 6.45) is 1.61. The highest BCUT2D eigenvalue weighted by Crippen LogP contribution is 2.28. The summed E-state index contributed by atoms with van der Waals surface area (Å²) in [6.45, 7) is 7.77. The van der Waals surface area contributed by atoms with Gasteiger partial charge in [-0.25, -0.2) is 0 Å². The predicted molar refractivity (Wildman–Crippen MR) is 87.1 cm³/mol. The molecule has 1 N–H and O–H groups in total. The Morgan fingerprint density at radius 1 is 1.35 bits per heavy atom. The summed E-state index contributed by atoms with van der Waals surface area (Å²) in [5, 5.41) is 8.99. The maximum atomic E-state index is 12.6. The topological polar surface area (TPSA) is 76.1 Å². The zero-order chi connectivity index (χ0) is 17.4. The molecule has 0 fully saturated rings. The number of nitrogens with zero attached hydrogens (tertiary/aromatic N) is 1. The first-order chi connectivity index (χ1) is 10.9. The maximum absolute atomic E-state index is 12.6. The fourth-order valence-electron chi connectivity index (χ4n) is 2.07. The summed E-state index contributed by atoms with van der Waals surface area (Å²) in [7, 11) is 1.48. The zero-order valence-corrected chi connectivity index (χ0v) is 13.7. The third-order valence-corrected chi connectivity index (χ3v) is 2.97. The quantitative estimate of drug-likeness (QED) is 0.707. The Labute approximate surface area is 136 Å². The van der Waals surface area contributed by atoms with Gasteiger partial charge in [-0.3, -0.25) is 9.59 Å². The van der Waals surface area contributed by atoms with Crippen LogP contribution in [-0.2, 0) is 4.79 Å². The van der Waals surface area contributed by atoms with Crippen LogP contribution in [0.3, 0.4) is 0 Å². The van der Waals surface area contributed by atoms with Crippen LogP contribution in [0.4, 0.5) is 0 Å². The number of carbonyl (C=O) groups excluding carboxylic acids is 1. The van der Waals surface area contributed by atoms with Gasteiger partial charge in [-0.1, -0.05) is 26.5 Å². The lowest BCUT2D eigenvalue weighted by atomic mass is 10.1. The Kier molecular flexibility index (Phi) is 7.12. The van der Waals surface area contributed by atoms with E-state index in [1.165, 1.54) is 12.0 Å². The lowest BCUT2D eigenvalue weighted by Gasteiger charge is -2.23. The maximum Gasteiger partial charge on any atom is 0.323 e. The number of hydrogen-bond donors (Lipinski definition) is 1. The number of carboxylic acids is 1. The van der Waals surface area contributed by atoms with Gasteiger partial charge in [0, 0.05) is 12.1 Å². The summed E-state index contributed by atoms with van der Waals surface area (Å²) in [6, 6.07) is 4.78. The van der Waals surface area contributed by atoms with Crippen LogP contribution < -0.4 is 9.47 Å². The van der Waals surface area contributed by atoms with Crippen molar-refractivity contribution in [1.82, 2.24) is 4.90 Å². The second-order valence-electron chi connectivity index (χ2n) is 5.44. The molecule has 6 nitrogen and oxygen atoms in total. The molecular weight excluding hydrogens is 298 g/mol. The molecule has 0 aliphatic heterocycles. The van der Waals surface area contributed by atoms with E-state index in [-0.39, 0.29) is 18.4 Å². The molecule has 0 saturated carbocycles. The van der Waals surface area contributed by atoms with Gasteiger partial charge in [0.2, 0.25) is 0 Å². The molecule has 0 saturated heterocycles. The molecule has 0 aliphatic carbocycles. The van der Waals surface area contributed by atoms with E-state index in [9.17, 15) is 9.59 Å². The zero-order valence-electron chi connectivity index (χ0n) is 13.7. The molecule has 23 heavy (non-hydrogen) atoms. The Hall–Kier alpha value is -2.50. The minimum atomic E-state index is -1.04. The smallest absolute Gasteiger partial charge is 0.323 e. The average Bonchev–Trinajstić information content (AvgIpc) is 2.50. The molecule has 0 heterocycles. The molecule has 0 aromatic heterocycles. The number of aliphatic carboxylic acids is 1. The van der Waals surface area contributed by atoms with Crippen molar-refractivity contribution in [2.24, 2.45) is 5.92 Å². The molecule has 0 spiro atoms. The molecule has 1 rings (SSSR count). The molecule has 1 amide bonds. The van der Waals surface area contributed by atoms with Crippen LogP contribution in [0.25, 0.3) is 0 Å². The van der Waals surface area contributed by atoms with E-state index in [2.05, 4.69) is 6.58 Å². The minimum absolute atomic E-state index is 0.162. The summed E-state index contributed by atoms with van der Waals surface area (Å²) in [5.41, 5.74) is 0.356. The van der Waals surface area contributed by atoms with E-state index in [1.54, 1.807) is 24.3 Å². The summed E-state index contributed by atoms with van der Waals surface area (Å²) in [4.78, 5) is 24.8. The van der Waals surface area contributed by atoms with Crippen molar-refractivity contribution in [2.75, 3.05) is 26.8 Å². The SMILES string of the molecule is C=CCOc1ccc(C(=O)N(CC(=O)O)CC(C)C)cc1OC. The van der Waals surface area contributed by atoms with E-state index >= 15 is 0 Å². The second-order valence-corrected chi connectivity index (χ2v) is 5.44. The van der Waals surface area contributed by atoms with Crippen LogP contribution in [0.2, 0.25) is 0 Å².